The lowest BCUT2D eigenvalue weighted by molar-refractivity contribution is -0.144. The quantitative estimate of drug-likeness (QED) is 0.801. The molecule has 4 nitrogen and oxygen atoms in total. The third-order valence-corrected chi connectivity index (χ3v) is 2.89. The lowest BCUT2D eigenvalue weighted by Crippen LogP contribution is -2.29. The van der Waals surface area contributed by atoms with Crippen molar-refractivity contribution >= 4 is 29.2 Å². The van der Waals surface area contributed by atoms with Gasteiger partial charge < -0.3 is 10.0 Å². The summed E-state index contributed by atoms with van der Waals surface area (Å²) in [4.78, 5) is 24.0. The van der Waals surface area contributed by atoms with Crippen molar-refractivity contribution in [1.82, 2.24) is 0 Å². The lowest BCUT2D eigenvalue weighted by atomic mass is 10.1. The van der Waals surface area contributed by atoms with Crippen molar-refractivity contribution in [3.05, 3.63) is 29.3 Å². The number of aliphatic carboxylic acids is 1. The van der Waals surface area contributed by atoms with Crippen LogP contribution in [-0.4, -0.2) is 23.5 Å². The molecule has 0 saturated carbocycles. The van der Waals surface area contributed by atoms with Crippen molar-refractivity contribution in [1.29, 1.82) is 0 Å². The number of carbonyl (C=O) groups excluding carboxylic acids is 1. The Balaban J connectivity index is 2.21. The fourth-order valence-corrected chi connectivity index (χ4v) is 1.91. The van der Waals surface area contributed by atoms with E-state index in [9.17, 15) is 9.59 Å². The molecule has 1 saturated heterocycles. The highest BCUT2D eigenvalue weighted by atomic mass is 35.5. The van der Waals surface area contributed by atoms with E-state index in [4.69, 9.17) is 16.7 Å². The number of amides is 1. The Hall–Kier alpha value is -1.55. The summed E-state index contributed by atoms with van der Waals surface area (Å²) in [6.45, 7) is 0.442. The first-order valence-corrected chi connectivity index (χ1v) is 5.27. The van der Waals surface area contributed by atoms with Crippen molar-refractivity contribution in [3.63, 3.8) is 0 Å². The van der Waals surface area contributed by atoms with Crippen LogP contribution in [0, 0.1) is 5.92 Å². The summed E-state index contributed by atoms with van der Waals surface area (Å²) in [6, 6.07) is 6.78. The van der Waals surface area contributed by atoms with E-state index < -0.39 is 11.9 Å². The molecule has 84 valence electrons. The van der Waals surface area contributed by atoms with Crippen molar-refractivity contribution < 1.29 is 14.7 Å². The summed E-state index contributed by atoms with van der Waals surface area (Å²) in [7, 11) is 0. The van der Waals surface area contributed by atoms with Crippen molar-refractivity contribution in [2.75, 3.05) is 11.4 Å². The minimum Gasteiger partial charge on any atom is -0.481 e. The van der Waals surface area contributed by atoms with Crippen LogP contribution in [0.2, 0.25) is 5.02 Å². The van der Waals surface area contributed by atoms with E-state index in [0.717, 1.165) is 0 Å². The summed E-state index contributed by atoms with van der Waals surface area (Å²) < 4.78 is 0. The fraction of sp³-hybridized carbons (Fsp3) is 0.273. The summed E-state index contributed by atoms with van der Waals surface area (Å²) in [5.74, 6) is -2.31. The first-order chi connectivity index (χ1) is 7.59. The van der Waals surface area contributed by atoms with Gasteiger partial charge in [0.25, 0.3) is 0 Å². The Morgan fingerprint density at radius 1 is 1.38 bits per heavy atom. The second kappa shape index (κ2) is 4.14. The van der Waals surface area contributed by atoms with Gasteiger partial charge in [0, 0.05) is 17.3 Å². The molecule has 1 aliphatic rings. The van der Waals surface area contributed by atoms with Crippen molar-refractivity contribution in [3.8, 4) is 0 Å². The Labute approximate surface area is 97.4 Å². The van der Waals surface area contributed by atoms with Crippen LogP contribution >= 0.6 is 11.6 Å². The van der Waals surface area contributed by atoms with Gasteiger partial charge in [0.1, 0.15) is 5.92 Å². The third-order valence-electron chi connectivity index (χ3n) is 2.64. The highest BCUT2D eigenvalue weighted by molar-refractivity contribution is 6.30. The van der Waals surface area contributed by atoms with Crippen LogP contribution < -0.4 is 4.90 Å². The van der Waals surface area contributed by atoms with Crippen LogP contribution in [0.3, 0.4) is 0 Å². The van der Waals surface area contributed by atoms with Gasteiger partial charge in [-0.15, -0.1) is 0 Å². The number of hydrogen-bond donors (Lipinski definition) is 1. The second-order valence-electron chi connectivity index (χ2n) is 3.65. The van der Waals surface area contributed by atoms with Gasteiger partial charge in [-0.25, -0.2) is 0 Å². The SMILES string of the molecule is O=C(O)C1CCN(c2ccc(Cl)cc2)C1=O. The van der Waals surface area contributed by atoms with Crippen molar-refractivity contribution in [2.24, 2.45) is 5.92 Å². The Morgan fingerprint density at radius 2 is 2.00 bits per heavy atom. The summed E-state index contributed by atoms with van der Waals surface area (Å²) in [5, 5.41) is 9.41. The molecule has 16 heavy (non-hydrogen) atoms. The number of nitrogens with zero attached hydrogens (tertiary/aromatic N) is 1. The average molecular weight is 240 g/mol. The second-order valence-corrected chi connectivity index (χ2v) is 4.08. The monoisotopic (exact) mass is 239 g/mol. The van der Waals surface area contributed by atoms with Gasteiger partial charge in [0.2, 0.25) is 5.91 Å². The maximum atomic E-state index is 11.7. The molecule has 1 atom stereocenters. The molecule has 0 aromatic heterocycles. The van der Waals surface area contributed by atoms with E-state index in [1.165, 1.54) is 4.90 Å². The fourth-order valence-electron chi connectivity index (χ4n) is 1.79. The normalized spacial score (nSPS) is 20.2. The van der Waals surface area contributed by atoms with Crippen LogP contribution in [0.5, 0.6) is 0 Å². The van der Waals surface area contributed by atoms with Gasteiger partial charge in [0.15, 0.2) is 0 Å². The van der Waals surface area contributed by atoms with E-state index in [-0.39, 0.29) is 5.91 Å². The zero-order valence-electron chi connectivity index (χ0n) is 8.39. The van der Waals surface area contributed by atoms with E-state index in [0.29, 0.717) is 23.7 Å². The van der Waals surface area contributed by atoms with Gasteiger partial charge in [-0.05, 0) is 30.7 Å². The average Bonchev–Trinajstić information content (AvgIpc) is 2.61. The smallest absolute Gasteiger partial charge is 0.316 e. The molecular formula is C11H10ClNO3. The maximum absolute atomic E-state index is 11.7. The maximum Gasteiger partial charge on any atom is 0.316 e. The number of benzene rings is 1. The summed E-state index contributed by atoms with van der Waals surface area (Å²) in [6.07, 6.45) is 0.358. The molecule has 1 heterocycles. The van der Waals surface area contributed by atoms with E-state index >= 15 is 0 Å². The molecule has 0 bridgehead atoms. The number of carboxylic acids is 1. The highest BCUT2D eigenvalue weighted by Crippen LogP contribution is 2.26. The molecule has 1 unspecified atom stereocenters. The molecule has 1 aromatic rings. The Morgan fingerprint density at radius 3 is 2.50 bits per heavy atom. The topological polar surface area (TPSA) is 57.6 Å². The van der Waals surface area contributed by atoms with E-state index in [1.807, 2.05) is 0 Å². The number of rotatable bonds is 2. The predicted octanol–water partition coefficient (Wildman–Crippen LogP) is 1.78. The van der Waals surface area contributed by atoms with E-state index in [2.05, 4.69) is 0 Å². The zero-order chi connectivity index (χ0) is 11.7. The van der Waals surface area contributed by atoms with Gasteiger partial charge >= 0.3 is 5.97 Å². The Kier molecular flexibility index (Phi) is 2.83. The number of hydrogen-bond acceptors (Lipinski definition) is 2. The third kappa shape index (κ3) is 1.88. The molecule has 1 amide bonds. The molecule has 2 rings (SSSR count). The number of carboxylic acid groups (broad SMARTS) is 1. The number of halogens is 1. The molecular weight excluding hydrogens is 230 g/mol. The minimum absolute atomic E-state index is 0.352. The standard InChI is InChI=1S/C11H10ClNO3/c12-7-1-3-8(4-2-7)13-6-5-9(10(13)14)11(15)16/h1-4,9H,5-6H2,(H,15,16). The predicted molar refractivity (Wildman–Crippen MR) is 59.5 cm³/mol. The van der Waals surface area contributed by atoms with Crippen LogP contribution in [0.15, 0.2) is 24.3 Å². The molecule has 1 N–H and O–H groups in total. The number of anilines is 1. The largest absolute Gasteiger partial charge is 0.481 e. The molecule has 5 heteroatoms. The summed E-state index contributed by atoms with van der Waals surface area (Å²) in [5.41, 5.74) is 0.693. The van der Waals surface area contributed by atoms with Crippen LogP contribution in [-0.2, 0) is 9.59 Å². The van der Waals surface area contributed by atoms with Crippen LogP contribution in [0.4, 0.5) is 5.69 Å². The molecule has 1 aromatic carbocycles. The molecule has 0 spiro atoms. The van der Waals surface area contributed by atoms with Crippen molar-refractivity contribution in [2.45, 2.75) is 6.42 Å². The van der Waals surface area contributed by atoms with E-state index in [1.54, 1.807) is 24.3 Å². The molecule has 1 fully saturated rings. The van der Waals surface area contributed by atoms with Crippen LogP contribution in [0.25, 0.3) is 0 Å². The zero-order valence-corrected chi connectivity index (χ0v) is 9.15. The summed E-state index contributed by atoms with van der Waals surface area (Å²) >= 11 is 5.74. The van der Waals surface area contributed by atoms with Crippen LogP contribution in [0.1, 0.15) is 6.42 Å². The first-order valence-electron chi connectivity index (χ1n) is 4.89. The molecule has 0 aliphatic carbocycles. The lowest BCUT2D eigenvalue weighted by Gasteiger charge is -2.15. The molecule has 1 aliphatic heterocycles. The highest BCUT2D eigenvalue weighted by Gasteiger charge is 2.37. The minimum atomic E-state index is -1.05. The van der Waals surface area contributed by atoms with Gasteiger partial charge in [-0.1, -0.05) is 11.6 Å². The molecule has 0 radical (unpaired) electrons. The van der Waals surface area contributed by atoms with Gasteiger partial charge in [0.05, 0.1) is 0 Å². The number of carbonyl (C=O) groups is 2. The van der Waals surface area contributed by atoms with Gasteiger partial charge in [-0.2, -0.15) is 0 Å². The first kappa shape index (κ1) is 11.0. The Bertz CT molecular complexity index is 429. The van der Waals surface area contributed by atoms with Gasteiger partial charge in [-0.3, -0.25) is 9.59 Å².